The van der Waals surface area contributed by atoms with Gasteiger partial charge < -0.3 is 19.4 Å². The van der Waals surface area contributed by atoms with Crippen LogP contribution in [0.1, 0.15) is 34.6 Å². The topological polar surface area (TPSA) is 84.2 Å². The van der Waals surface area contributed by atoms with Gasteiger partial charge in [0.2, 0.25) is 0 Å². The molecule has 3 aromatic carbocycles. The highest BCUT2D eigenvalue weighted by Crippen LogP contribution is 2.41. The maximum Gasteiger partial charge on any atom is 0.341 e. The highest BCUT2D eigenvalue weighted by Gasteiger charge is 2.30. The average molecular weight is 400 g/mol. The molecule has 5 rings (SSSR count). The van der Waals surface area contributed by atoms with Crippen molar-refractivity contribution in [3.63, 3.8) is 0 Å². The number of nitrogens with one attached hydrogen (secondary N) is 2. The summed E-state index contributed by atoms with van der Waals surface area (Å²) in [4.78, 5) is 33.0. The first-order valence-electron chi connectivity index (χ1n) is 9.96. The van der Waals surface area contributed by atoms with E-state index < -0.39 is 11.9 Å². The SMILES string of the molecule is CCOC(=O)c1c(C(=O)OCC)c2c3ccccc3[nH]c2c2c1[nH]c1ccccc12. The van der Waals surface area contributed by atoms with Crippen molar-refractivity contribution >= 4 is 55.6 Å². The van der Waals surface area contributed by atoms with E-state index in [2.05, 4.69) is 9.97 Å². The molecular weight excluding hydrogens is 380 g/mol. The van der Waals surface area contributed by atoms with Crippen LogP contribution in [0.3, 0.4) is 0 Å². The Balaban J connectivity index is 2.09. The lowest BCUT2D eigenvalue weighted by Gasteiger charge is -2.12. The van der Waals surface area contributed by atoms with Gasteiger partial charge in [0.15, 0.2) is 0 Å². The highest BCUT2D eigenvalue weighted by atomic mass is 16.5. The Morgan fingerprint density at radius 2 is 1.20 bits per heavy atom. The molecule has 0 aliphatic carbocycles. The van der Waals surface area contributed by atoms with Crippen molar-refractivity contribution in [2.45, 2.75) is 13.8 Å². The number of carbonyl (C=O) groups is 2. The third kappa shape index (κ3) is 2.50. The maximum atomic E-state index is 13.1. The number of hydrogen-bond donors (Lipinski definition) is 2. The van der Waals surface area contributed by atoms with Gasteiger partial charge in [0, 0.05) is 32.6 Å². The minimum atomic E-state index is -0.552. The van der Waals surface area contributed by atoms with Crippen molar-refractivity contribution in [3.05, 3.63) is 59.7 Å². The van der Waals surface area contributed by atoms with E-state index in [4.69, 9.17) is 9.47 Å². The number of para-hydroxylation sites is 2. The van der Waals surface area contributed by atoms with E-state index in [0.717, 1.165) is 32.7 Å². The lowest BCUT2D eigenvalue weighted by Crippen LogP contribution is -2.15. The monoisotopic (exact) mass is 400 g/mol. The Morgan fingerprint density at radius 3 is 1.80 bits per heavy atom. The van der Waals surface area contributed by atoms with Gasteiger partial charge in [-0.15, -0.1) is 0 Å². The zero-order chi connectivity index (χ0) is 20.8. The molecule has 0 atom stereocenters. The smallest absolute Gasteiger partial charge is 0.341 e. The van der Waals surface area contributed by atoms with Crippen LogP contribution in [0.15, 0.2) is 48.5 Å². The molecule has 2 heterocycles. The van der Waals surface area contributed by atoms with Crippen molar-refractivity contribution < 1.29 is 19.1 Å². The first-order valence-corrected chi connectivity index (χ1v) is 9.96. The van der Waals surface area contributed by atoms with E-state index in [1.807, 2.05) is 48.5 Å². The quantitative estimate of drug-likeness (QED) is 0.401. The van der Waals surface area contributed by atoms with Gasteiger partial charge in [-0.1, -0.05) is 36.4 Å². The largest absolute Gasteiger partial charge is 0.462 e. The molecule has 5 aromatic rings. The zero-order valence-electron chi connectivity index (χ0n) is 16.7. The van der Waals surface area contributed by atoms with Gasteiger partial charge in [0.1, 0.15) is 0 Å². The Kier molecular flexibility index (Phi) is 4.20. The fourth-order valence-corrected chi connectivity index (χ4v) is 4.24. The first-order chi connectivity index (χ1) is 14.7. The van der Waals surface area contributed by atoms with Crippen LogP contribution in [0.5, 0.6) is 0 Å². The summed E-state index contributed by atoms with van der Waals surface area (Å²) in [7, 11) is 0. The molecule has 0 unspecified atom stereocenters. The van der Waals surface area contributed by atoms with Gasteiger partial charge in [0.25, 0.3) is 0 Å². The summed E-state index contributed by atoms with van der Waals surface area (Å²) in [5, 5.41) is 3.34. The fourth-order valence-electron chi connectivity index (χ4n) is 4.24. The predicted molar refractivity (Wildman–Crippen MR) is 117 cm³/mol. The Morgan fingerprint density at radius 1 is 0.700 bits per heavy atom. The van der Waals surface area contributed by atoms with Gasteiger partial charge in [-0.2, -0.15) is 0 Å². The first kappa shape index (κ1) is 18.2. The molecular formula is C24H20N2O4. The van der Waals surface area contributed by atoms with Crippen LogP contribution in [0, 0.1) is 0 Å². The van der Waals surface area contributed by atoms with Crippen LogP contribution >= 0.6 is 0 Å². The number of carbonyl (C=O) groups excluding carboxylic acids is 2. The molecule has 0 fully saturated rings. The molecule has 0 bridgehead atoms. The van der Waals surface area contributed by atoms with Crippen LogP contribution in [0.25, 0.3) is 43.6 Å². The van der Waals surface area contributed by atoms with E-state index in [0.29, 0.717) is 10.9 Å². The molecule has 6 heteroatoms. The number of ether oxygens (including phenoxy) is 2. The Labute approximate surface area is 171 Å². The third-order valence-corrected chi connectivity index (χ3v) is 5.37. The summed E-state index contributed by atoms with van der Waals surface area (Å²) < 4.78 is 10.7. The number of aromatic nitrogens is 2. The zero-order valence-corrected chi connectivity index (χ0v) is 16.7. The number of H-pyrrole nitrogens is 2. The van der Waals surface area contributed by atoms with Crippen molar-refractivity contribution in [2.75, 3.05) is 13.2 Å². The van der Waals surface area contributed by atoms with Crippen molar-refractivity contribution in [3.8, 4) is 0 Å². The molecule has 2 aromatic heterocycles. The molecule has 150 valence electrons. The van der Waals surface area contributed by atoms with Crippen LogP contribution < -0.4 is 0 Å². The number of benzene rings is 3. The minimum absolute atomic E-state index is 0.203. The van der Waals surface area contributed by atoms with Gasteiger partial charge in [-0.25, -0.2) is 9.59 Å². The van der Waals surface area contributed by atoms with E-state index in [1.54, 1.807) is 13.8 Å². The highest BCUT2D eigenvalue weighted by molar-refractivity contribution is 6.33. The predicted octanol–water partition coefficient (Wildman–Crippen LogP) is 5.31. The second-order valence-electron chi connectivity index (χ2n) is 7.03. The van der Waals surface area contributed by atoms with Gasteiger partial charge in [0.05, 0.1) is 35.4 Å². The normalized spacial score (nSPS) is 11.5. The van der Waals surface area contributed by atoms with Crippen LogP contribution in [0.2, 0.25) is 0 Å². The molecule has 0 aliphatic heterocycles. The summed E-state index contributed by atoms with van der Waals surface area (Å²) in [5.74, 6) is -1.10. The summed E-state index contributed by atoms with van der Waals surface area (Å²) >= 11 is 0. The van der Waals surface area contributed by atoms with Crippen LogP contribution in [-0.2, 0) is 9.47 Å². The number of fused-ring (bicyclic) bond motifs is 7. The molecule has 0 saturated carbocycles. The minimum Gasteiger partial charge on any atom is -0.462 e. The molecule has 0 amide bonds. The number of rotatable bonds is 4. The Bertz CT molecular complexity index is 1460. The summed E-state index contributed by atoms with van der Waals surface area (Å²) in [6.45, 7) is 3.90. The van der Waals surface area contributed by atoms with E-state index in [9.17, 15) is 9.59 Å². The van der Waals surface area contributed by atoms with Gasteiger partial charge >= 0.3 is 11.9 Å². The van der Waals surface area contributed by atoms with E-state index >= 15 is 0 Å². The van der Waals surface area contributed by atoms with Gasteiger partial charge in [-0.05, 0) is 26.0 Å². The Hall–Kier alpha value is -3.80. The fraction of sp³-hybridized carbons (Fsp3) is 0.167. The van der Waals surface area contributed by atoms with Crippen LogP contribution in [0.4, 0.5) is 0 Å². The summed E-state index contributed by atoms with van der Waals surface area (Å²) in [6.07, 6.45) is 0. The molecule has 6 nitrogen and oxygen atoms in total. The number of esters is 2. The second kappa shape index (κ2) is 6.91. The molecule has 0 spiro atoms. The van der Waals surface area contributed by atoms with E-state index in [-0.39, 0.29) is 24.3 Å². The lowest BCUT2D eigenvalue weighted by atomic mass is 9.96. The molecule has 2 N–H and O–H groups in total. The molecule has 0 aliphatic rings. The summed E-state index contributed by atoms with van der Waals surface area (Å²) in [6, 6.07) is 15.6. The van der Waals surface area contributed by atoms with Crippen molar-refractivity contribution in [1.82, 2.24) is 9.97 Å². The van der Waals surface area contributed by atoms with Gasteiger partial charge in [-0.3, -0.25) is 0 Å². The van der Waals surface area contributed by atoms with Crippen molar-refractivity contribution in [1.29, 1.82) is 0 Å². The van der Waals surface area contributed by atoms with Crippen molar-refractivity contribution in [2.24, 2.45) is 0 Å². The lowest BCUT2D eigenvalue weighted by molar-refractivity contribution is 0.0482. The standard InChI is InChI=1S/C24H20N2O4/c1-3-29-23(27)19-17-13-9-5-7-11-15(13)25-21(17)18-14-10-6-8-12-16(14)26-22(18)20(19)24(28)30-4-2/h5-12,25-26H,3-4H2,1-2H3. The van der Waals surface area contributed by atoms with Crippen LogP contribution in [-0.4, -0.2) is 35.1 Å². The number of aromatic amines is 2. The third-order valence-electron chi connectivity index (χ3n) is 5.37. The molecule has 0 saturated heterocycles. The number of hydrogen-bond acceptors (Lipinski definition) is 4. The molecule has 30 heavy (non-hydrogen) atoms. The maximum absolute atomic E-state index is 13.1. The molecule has 0 radical (unpaired) electrons. The summed E-state index contributed by atoms with van der Waals surface area (Å²) in [5.41, 5.74) is 3.54. The average Bonchev–Trinajstić information content (AvgIpc) is 3.31. The van der Waals surface area contributed by atoms with E-state index in [1.165, 1.54) is 0 Å². The second-order valence-corrected chi connectivity index (χ2v) is 7.03.